The molecule has 204 valence electrons. The fourth-order valence-electron chi connectivity index (χ4n) is 3.53. The van der Waals surface area contributed by atoms with Gasteiger partial charge in [-0.2, -0.15) is 13.2 Å². The number of benzene rings is 2. The van der Waals surface area contributed by atoms with Gasteiger partial charge in [-0.25, -0.2) is 8.42 Å². The lowest BCUT2D eigenvalue weighted by Crippen LogP contribution is -2.53. The largest absolute Gasteiger partial charge is 0.417 e. The number of sulfonamides is 1. The molecule has 0 aromatic heterocycles. The van der Waals surface area contributed by atoms with Crippen molar-refractivity contribution in [3.05, 3.63) is 64.7 Å². The molecule has 0 fully saturated rings. The van der Waals surface area contributed by atoms with Crippen LogP contribution in [-0.2, 0) is 32.2 Å². The number of hydrogen-bond acceptors (Lipinski definition) is 4. The Morgan fingerprint density at radius 2 is 1.70 bits per heavy atom. The Morgan fingerprint density at radius 1 is 1.08 bits per heavy atom. The van der Waals surface area contributed by atoms with E-state index in [0.717, 1.165) is 24.0 Å². The summed E-state index contributed by atoms with van der Waals surface area (Å²) in [5.74, 6) is -1.16. The summed E-state index contributed by atoms with van der Waals surface area (Å²) < 4.78 is 65.9. The normalized spacial score (nSPS) is 13.5. The Balaban J connectivity index is 2.40. The van der Waals surface area contributed by atoms with Gasteiger partial charge in [-0.1, -0.05) is 48.9 Å². The van der Waals surface area contributed by atoms with Gasteiger partial charge in [0.25, 0.3) is 0 Å². The summed E-state index contributed by atoms with van der Waals surface area (Å²) >= 11 is 5.68. The van der Waals surface area contributed by atoms with Crippen molar-refractivity contribution in [2.75, 3.05) is 23.7 Å². The predicted octanol–water partition coefficient (Wildman–Crippen LogP) is 4.50. The highest BCUT2D eigenvalue weighted by Gasteiger charge is 2.35. The Labute approximate surface area is 220 Å². The molecule has 0 saturated heterocycles. The third kappa shape index (κ3) is 8.63. The van der Waals surface area contributed by atoms with E-state index < -0.39 is 51.2 Å². The molecule has 2 aromatic rings. The first-order valence-corrected chi connectivity index (χ1v) is 13.9. The molecule has 37 heavy (non-hydrogen) atoms. The minimum atomic E-state index is -4.83. The first kappa shape index (κ1) is 30.4. The van der Waals surface area contributed by atoms with E-state index in [1.807, 2.05) is 44.2 Å². The van der Waals surface area contributed by atoms with E-state index in [-0.39, 0.29) is 18.3 Å². The average Bonchev–Trinajstić information content (AvgIpc) is 2.82. The van der Waals surface area contributed by atoms with Gasteiger partial charge in [0.2, 0.25) is 21.8 Å². The molecule has 0 spiro atoms. The Bertz CT molecular complexity index is 1190. The summed E-state index contributed by atoms with van der Waals surface area (Å²) in [7, 11) is -4.18. The number of rotatable bonds is 11. The van der Waals surface area contributed by atoms with Gasteiger partial charge < -0.3 is 10.2 Å². The molecule has 0 bridgehead atoms. The van der Waals surface area contributed by atoms with Crippen molar-refractivity contribution < 1.29 is 31.2 Å². The van der Waals surface area contributed by atoms with Gasteiger partial charge in [0.05, 0.1) is 22.5 Å². The van der Waals surface area contributed by atoms with Gasteiger partial charge in [-0.15, -0.1) is 0 Å². The Morgan fingerprint density at radius 3 is 2.24 bits per heavy atom. The smallest absolute Gasteiger partial charge is 0.352 e. The third-order valence-corrected chi connectivity index (χ3v) is 7.35. The molecule has 1 N–H and O–H groups in total. The van der Waals surface area contributed by atoms with Crippen molar-refractivity contribution >= 4 is 39.1 Å². The number of carbonyl (C=O) groups excluding carboxylic acids is 2. The van der Waals surface area contributed by atoms with Crippen LogP contribution < -0.4 is 9.62 Å². The quantitative estimate of drug-likeness (QED) is 0.438. The van der Waals surface area contributed by atoms with Gasteiger partial charge in [0, 0.05) is 12.6 Å². The third-order valence-electron chi connectivity index (χ3n) is 5.88. The van der Waals surface area contributed by atoms with Gasteiger partial charge in [0.1, 0.15) is 12.6 Å². The highest BCUT2D eigenvalue weighted by Crippen LogP contribution is 2.37. The molecule has 0 unspecified atom stereocenters. The standard InChI is InChI=1S/C25H31ClF3N3O4S/c1-5-17(2)30-24(34)18(3)31(14-13-19-9-7-6-8-10-19)23(33)16-32(37(4,35)36)20-11-12-22(26)21(15-20)25(27,28)29/h6-12,15,17-18H,5,13-14,16H2,1-4H3,(H,30,34)/t17-,18+/m0/s1. The Kier molecular flexibility index (Phi) is 10.4. The van der Waals surface area contributed by atoms with Crippen LogP contribution >= 0.6 is 11.6 Å². The summed E-state index contributed by atoms with van der Waals surface area (Å²) in [4.78, 5) is 27.5. The molecule has 12 heteroatoms. The second kappa shape index (κ2) is 12.6. The molecule has 0 aliphatic heterocycles. The number of halogens is 4. The van der Waals surface area contributed by atoms with Gasteiger partial charge in [0.15, 0.2) is 0 Å². The molecule has 0 aliphatic carbocycles. The predicted molar refractivity (Wildman–Crippen MR) is 138 cm³/mol. The first-order chi connectivity index (χ1) is 17.1. The van der Waals surface area contributed by atoms with Crippen LogP contribution in [0.2, 0.25) is 5.02 Å². The summed E-state index contributed by atoms with van der Waals surface area (Å²) in [5, 5.41) is 2.20. The summed E-state index contributed by atoms with van der Waals surface area (Å²) in [6.07, 6.45) is -3.00. The maximum atomic E-state index is 13.4. The van der Waals surface area contributed by atoms with Gasteiger partial charge in [-0.3, -0.25) is 13.9 Å². The van der Waals surface area contributed by atoms with E-state index in [1.165, 1.54) is 11.8 Å². The topological polar surface area (TPSA) is 86.8 Å². The van der Waals surface area contributed by atoms with Crippen LogP contribution in [0.15, 0.2) is 48.5 Å². The molecule has 2 atom stereocenters. The van der Waals surface area contributed by atoms with Crippen LogP contribution in [0.3, 0.4) is 0 Å². The molecule has 0 aliphatic rings. The van der Waals surface area contributed by atoms with Crippen molar-refractivity contribution in [2.45, 2.75) is 51.9 Å². The second-order valence-corrected chi connectivity index (χ2v) is 11.1. The van der Waals surface area contributed by atoms with Crippen LogP contribution in [-0.4, -0.2) is 56.6 Å². The molecule has 2 aromatic carbocycles. The first-order valence-electron chi connectivity index (χ1n) is 11.6. The minimum absolute atomic E-state index is 0.0873. The molecular weight excluding hydrogens is 531 g/mol. The summed E-state index contributed by atoms with van der Waals surface area (Å²) in [6, 6.07) is 10.7. The SMILES string of the molecule is CC[C@H](C)NC(=O)[C@@H](C)N(CCc1ccccc1)C(=O)CN(c1ccc(Cl)c(C(F)(F)F)c1)S(C)(=O)=O. The zero-order valence-corrected chi connectivity index (χ0v) is 22.6. The van der Waals surface area contributed by atoms with E-state index >= 15 is 0 Å². The van der Waals surface area contributed by atoms with Crippen LogP contribution in [0.4, 0.5) is 18.9 Å². The lowest BCUT2D eigenvalue weighted by molar-refractivity contribution is -0.139. The number of nitrogens with zero attached hydrogens (tertiary/aromatic N) is 2. The monoisotopic (exact) mass is 561 g/mol. The number of amides is 2. The fourth-order valence-corrected chi connectivity index (χ4v) is 4.60. The van der Waals surface area contributed by atoms with Crippen molar-refractivity contribution in [3.8, 4) is 0 Å². The highest BCUT2D eigenvalue weighted by molar-refractivity contribution is 7.92. The van der Waals surface area contributed by atoms with Crippen molar-refractivity contribution in [3.63, 3.8) is 0 Å². The van der Waals surface area contributed by atoms with E-state index in [2.05, 4.69) is 5.32 Å². The molecule has 7 nitrogen and oxygen atoms in total. The number of hydrogen-bond donors (Lipinski definition) is 1. The molecule has 2 amide bonds. The summed E-state index contributed by atoms with van der Waals surface area (Å²) in [5.41, 5.74) is -0.704. The maximum absolute atomic E-state index is 13.4. The van der Waals surface area contributed by atoms with E-state index in [0.29, 0.717) is 23.2 Å². The summed E-state index contributed by atoms with van der Waals surface area (Å²) in [6.45, 7) is 4.51. The molecule has 0 heterocycles. The van der Waals surface area contributed by atoms with E-state index in [4.69, 9.17) is 11.6 Å². The van der Waals surface area contributed by atoms with Crippen molar-refractivity contribution in [1.29, 1.82) is 0 Å². The van der Waals surface area contributed by atoms with Crippen LogP contribution in [0, 0.1) is 0 Å². The second-order valence-electron chi connectivity index (χ2n) is 8.75. The van der Waals surface area contributed by atoms with E-state index in [9.17, 15) is 31.2 Å². The number of nitrogens with one attached hydrogen (secondary N) is 1. The molecule has 0 radical (unpaired) electrons. The molecule has 2 rings (SSSR count). The molecule has 0 saturated carbocycles. The maximum Gasteiger partial charge on any atom is 0.417 e. The molecular formula is C25H31ClF3N3O4S. The van der Waals surface area contributed by atoms with Crippen LogP contribution in [0.1, 0.15) is 38.3 Å². The van der Waals surface area contributed by atoms with Gasteiger partial charge >= 0.3 is 6.18 Å². The van der Waals surface area contributed by atoms with Crippen LogP contribution in [0.5, 0.6) is 0 Å². The van der Waals surface area contributed by atoms with Crippen molar-refractivity contribution in [1.82, 2.24) is 10.2 Å². The van der Waals surface area contributed by atoms with Gasteiger partial charge in [-0.05, 0) is 50.5 Å². The highest BCUT2D eigenvalue weighted by atomic mass is 35.5. The number of carbonyl (C=O) groups is 2. The van der Waals surface area contributed by atoms with E-state index in [1.54, 1.807) is 0 Å². The lowest BCUT2D eigenvalue weighted by Gasteiger charge is -2.32. The van der Waals surface area contributed by atoms with Crippen LogP contribution in [0.25, 0.3) is 0 Å². The zero-order valence-electron chi connectivity index (χ0n) is 21.0. The number of alkyl halides is 3. The fraction of sp³-hybridized carbons (Fsp3) is 0.440. The van der Waals surface area contributed by atoms with Crippen molar-refractivity contribution in [2.24, 2.45) is 0 Å². The Hall–Kier alpha value is -2.79. The average molecular weight is 562 g/mol. The number of anilines is 1. The zero-order chi connectivity index (χ0) is 28.0. The lowest BCUT2D eigenvalue weighted by atomic mass is 10.1. The minimum Gasteiger partial charge on any atom is -0.352 e.